The molecule has 1 aliphatic rings. The Morgan fingerprint density at radius 2 is 1.90 bits per heavy atom. The van der Waals surface area contributed by atoms with Crippen LogP contribution in [0.2, 0.25) is 0 Å². The molecule has 4 atom stereocenters. The van der Waals surface area contributed by atoms with Crippen molar-refractivity contribution < 1.29 is 38.5 Å². The molecule has 11 nitrogen and oxygen atoms in total. The van der Waals surface area contributed by atoms with Gasteiger partial charge in [0.1, 0.15) is 13.2 Å². The van der Waals surface area contributed by atoms with E-state index in [9.17, 15) is 29.8 Å². The summed E-state index contributed by atoms with van der Waals surface area (Å²) in [7, 11) is 1.51. The van der Waals surface area contributed by atoms with E-state index in [-0.39, 0.29) is 26.2 Å². The number of carbonyl (C=O) groups is 4. The number of carbonyl (C=O) groups excluding carboxylic acids is 4. The minimum atomic E-state index is -1.14. The molecule has 1 aliphatic heterocycles. The molecule has 0 unspecified atom stereocenters. The summed E-state index contributed by atoms with van der Waals surface area (Å²) < 4.78 is 9.69. The average molecular weight is 436 g/mol. The van der Waals surface area contributed by atoms with E-state index in [0.717, 1.165) is 0 Å². The van der Waals surface area contributed by atoms with Crippen molar-refractivity contribution in [2.75, 3.05) is 26.8 Å². The van der Waals surface area contributed by atoms with Crippen molar-refractivity contribution in [3.05, 3.63) is 30.8 Å². The molecule has 1 heterocycles. The van der Waals surface area contributed by atoms with Gasteiger partial charge in [0.2, 0.25) is 5.91 Å². The Balaban J connectivity index is 2.95. The molecular formula is C20H28N4O7. The quantitative estimate of drug-likeness (QED) is 0.0788. The molecule has 170 valence electrons. The second-order valence-electron chi connectivity index (χ2n) is 7.04. The molecule has 0 spiro atoms. The second-order valence-corrected chi connectivity index (χ2v) is 7.04. The summed E-state index contributed by atoms with van der Waals surface area (Å²) >= 11 is 0. The van der Waals surface area contributed by atoms with Gasteiger partial charge in [-0.2, -0.15) is 4.79 Å². The monoisotopic (exact) mass is 436 g/mol. The number of esters is 1. The van der Waals surface area contributed by atoms with Crippen LogP contribution in [0.1, 0.15) is 19.8 Å². The molecule has 0 saturated carbocycles. The number of hydrogen-bond acceptors (Lipinski definition) is 7. The van der Waals surface area contributed by atoms with Crippen LogP contribution in [-0.2, 0) is 23.9 Å². The number of ketones is 1. The van der Waals surface area contributed by atoms with E-state index in [2.05, 4.69) is 23.3 Å². The number of β-lactam (4-membered cyclic amide) rings is 1. The summed E-state index contributed by atoms with van der Waals surface area (Å²) in [6, 6.07) is -0.776. The number of nitrogens with one attached hydrogen (secondary N) is 1. The van der Waals surface area contributed by atoms with E-state index < -0.39 is 53.4 Å². The molecule has 0 aromatic carbocycles. The minimum absolute atomic E-state index is 0.0532. The van der Waals surface area contributed by atoms with Crippen LogP contribution in [0.5, 0.6) is 0 Å². The molecule has 1 fully saturated rings. The zero-order valence-electron chi connectivity index (χ0n) is 17.7. The van der Waals surface area contributed by atoms with Crippen LogP contribution in [0.3, 0.4) is 0 Å². The van der Waals surface area contributed by atoms with Gasteiger partial charge in [0.05, 0.1) is 24.0 Å². The van der Waals surface area contributed by atoms with Crippen LogP contribution < -0.4 is 5.32 Å². The van der Waals surface area contributed by atoms with Crippen molar-refractivity contribution in [2.45, 2.75) is 31.9 Å². The molecule has 0 bridgehead atoms. The van der Waals surface area contributed by atoms with Gasteiger partial charge in [-0.15, -0.1) is 0 Å². The Morgan fingerprint density at radius 1 is 1.29 bits per heavy atom. The highest BCUT2D eigenvalue weighted by molar-refractivity contribution is 6.62. The van der Waals surface area contributed by atoms with Crippen LogP contribution in [-0.4, -0.2) is 83.2 Å². The molecule has 0 radical (unpaired) electrons. The highest BCUT2D eigenvalue weighted by Gasteiger charge is 2.51. The standard InChI is InChI=1S/C20H28N4O7/c1-5-10-30-19(28)16(23-21)17(26)13(15-14(12(3)25)18(27)22-15)8-7-9-24(4)20(29)31-11-6-2/h5-6,12-15,25H,1-2,7-11H2,3-4H3,(H,22,27)/t12-,13-,14-,15-/m1/s1. The fraction of sp³-hybridized carbons (Fsp3) is 0.550. The molecule has 31 heavy (non-hydrogen) atoms. The maximum absolute atomic E-state index is 13.0. The Bertz CT molecular complexity index is 773. The third-order valence-electron chi connectivity index (χ3n) is 4.79. The van der Waals surface area contributed by atoms with E-state index in [1.165, 1.54) is 31.0 Å². The lowest BCUT2D eigenvalue weighted by Crippen LogP contribution is -2.66. The van der Waals surface area contributed by atoms with Gasteiger partial charge in [-0.3, -0.25) is 9.59 Å². The fourth-order valence-corrected chi connectivity index (χ4v) is 3.21. The maximum Gasteiger partial charge on any atom is 0.441 e. The first-order valence-corrected chi connectivity index (χ1v) is 9.71. The Morgan fingerprint density at radius 3 is 2.42 bits per heavy atom. The maximum atomic E-state index is 13.0. The van der Waals surface area contributed by atoms with E-state index in [1.54, 1.807) is 0 Å². The molecule has 2 N–H and O–H groups in total. The summed E-state index contributed by atoms with van der Waals surface area (Å²) in [6.45, 7) is 8.34. The lowest BCUT2D eigenvalue weighted by Gasteiger charge is -2.42. The third-order valence-corrected chi connectivity index (χ3v) is 4.79. The smallest absolute Gasteiger partial charge is 0.441 e. The Kier molecular flexibility index (Phi) is 10.3. The zero-order valence-corrected chi connectivity index (χ0v) is 17.7. The number of aliphatic hydroxyl groups excluding tert-OH is 1. The van der Waals surface area contributed by atoms with Crippen LogP contribution in [0.4, 0.5) is 4.79 Å². The van der Waals surface area contributed by atoms with Crippen LogP contribution >= 0.6 is 0 Å². The van der Waals surface area contributed by atoms with Gasteiger partial charge in [-0.05, 0) is 19.8 Å². The normalized spacial score (nSPS) is 18.9. The molecule has 11 heteroatoms. The molecule has 1 rings (SSSR count). The highest BCUT2D eigenvalue weighted by Crippen LogP contribution is 2.29. The molecule has 2 amide bonds. The topological polar surface area (TPSA) is 159 Å². The number of nitrogens with zero attached hydrogens (tertiary/aromatic N) is 3. The number of Topliss-reactive ketones (excluding diaryl/α,β-unsaturated/α-hetero) is 1. The lowest BCUT2D eigenvalue weighted by molar-refractivity contribution is -0.146. The van der Waals surface area contributed by atoms with E-state index >= 15 is 0 Å². The first-order chi connectivity index (χ1) is 14.7. The number of aliphatic hydroxyl groups is 1. The zero-order chi connectivity index (χ0) is 23.6. The van der Waals surface area contributed by atoms with Crippen molar-refractivity contribution in [2.24, 2.45) is 11.8 Å². The highest BCUT2D eigenvalue weighted by atomic mass is 16.6. The second kappa shape index (κ2) is 12.4. The first kappa shape index (κ1) is 25.7. The SMILES string of the molecule is C=CCOC(=O)C(=[N+]=[N-])C(=O)[C@H](CCCN(C)C(=O)OCC=C)[C@H]1NC(=O)[C@@H]1[C@@H](C)O. The lowest BCUT2D eigenvalue weighted by atomic mass is 9.74. The van der Waals surface area contributed by atoms with Crippen molar-refractivity contribution in [1.29, 1.82) is 0 Å². The van der Waals surface area contributed by atoms with Crippen LogP contribution in [0.25, 0.3) is 5.53 Å². The average Bonchev–Trinajstić information content (AvgIpc) is 2.71. The molecule has 0 aliphatic carbocycles. The van der Waals surface area contributed by atoms with Gasteiger partial charge in [0, 0.05) is 13.6 Å². The summed E-state index contributed by atoms with van der Waals surface area (Å²) in [5.41, 5.74) is 8.39. The van der Waals surface area contributed by atoms with Gasteiger partial charge in [-0.1, -0.05) is 25.3 Å². The molecule has 0 aromatic heterocycles. The van der Waals surface area contributed by atoms with Crippen molar-refractivity contribution in [3.63, 3.8) is 0 Å². The van der Waals surface area contributed by atoms with Crippen molar-refractivity contribution in [1.82, 2.24) is 10.2 Å². The fourth-order valence-electron chi connectivity index (χ4n) is 3.21. The van der Waals surface area contributed by atoms with E-state index in [1.807, 2.05) is 0 Å². The van der Waals surface area contributed by atoms with Gasteiger partial charge in [0.15, 0.2) is 0 Å². The summed E-state index contributed by atoms with van der Waals surface area (Å²) in [5.74, 6) is -4.27. The number of rotatable bonds is 13. The van der Waals surface area contributed by atoms with Crippen LogP contribution in [0, 0.1) is 11.8 Å². The minimum Gasteiger partial charge on any atom is -0.453 e. The molecule has 1 saturated heterocycles. The Labute approximate surface area is 180 Å². The predicted octanol–water partition coefficient (Wildman–Crippen LogP) is 0.102. The number of amides is 2. The molecular weight excluding hydrogens is 408 g/mol. The summed E-state index contributed by atoms with van der Waals surface area (Å²) in [4.78, 5) is 52.8. The van der Waals surface area contributed by atoms with Gasteiger partial charge in [0.25, 0.3) is 5.78 Å². The summed E-state index contributed by atoms with van der Waals surface area (Å²) in [5, 5.41) is 12.5. The Hall–Kier alpha value is -3.30. The largest absolute Gasteiger partial charge is 0.453 e. The summed E-state index contributed by atoms with van der Waals surface area (Å²) in [6.07, 6.45) is 1.53. The predicted molar refractivity (Wildman–Crippen MR) is 109 cm³/mol. The van der Waals surface area contributed by atoms with Crippen LogP contribution in [0.15, 0.2) is 25.3 Å². The number of ether oxygens (including phenoxy) is 2. The van der Waals surface area contributed by atoms with Gasteiger partial charge in [-0.25, -0.2) is 9.59 Å². The molecule has 0 aromatic rings. The number of hydrogen-bond donors (Lipinski definition) is 2. The van der Waals surface area contributed by atoms with Gasteiger partial charge >= 0.3 is 17.8 Å². The third kappa shape index (κ3) is 6.87. The first-order valence-electron chi connectivity index (χ1n) is 9.71. The van der Waals surface area contributed by atoms with E-state index in [4.69, 9.17) is 9.47 Å². The van der Waals surface area contributed by atoms with Crippen molar-refractivity contribution >= 4 is 29.5 Å². The van der Waals surface area contributed by atoms with Gasteiger partial charge < -0.3 is 30.3 Å². The van der Waals surface area contributed by atoms with Crippen molar-refractivity contribution in [3.8, 4) is 0 Å². The van der Waals surface area contributed by atoms with E-state index in [0.29, 0.717) is 6.42 Å².